The van der Waals surface area contributed by atoms with E-state index in [0.29, 0.717) is 13.1 Å². The quantitative estimate of drug-likeness (QED) is 0.844. The average molecular weight is 312 g/mol. The monoisotopic (exact) mass is 312 g/mol. The third-order valence-electron chi connectivity index (χ3n) is 2.88. The summed E-state index contributed by atoms with van der Waals surface area (Å²) in [5, 5.41) is 6.90. The summed E-state index contributed by atoms with van der Waals surface area (Å²) in [5.74, 6) is -0.610. The van der Waals surface area contributed by atoms with Crippen LogP contribution in [-0.4, -0.2) is 31.8 Å². The maximum Gasteiger partial charge on any atom is 0.265 e. The second-order valence-electron chi connectivity index (χ2n) is 4.63. The summed E-state index contributed by atoms with van der Waals surface area (Å²) in [6.45, 7) is 2.94. The first-order chi connectivity index (χ1) is 9.92. The average Bonchev–Trinajstić information content (AvgIpc) is 2.89. The van der Waals surface area contributed by atoms with Crippen molar-refractivity contribution in [1.29, 1.82) is 0 Å². The number of nitrogens with zero attached hydrogens (tertiary/aromatic N) is 2. The predicted octanol–water partition coefficient (Wildman–Crippen LogP) is 1.35. The number of anilines is 1. The first-order valence-electron chi connectivity index (χ1n) is 6.38. The number of sulfonamides is 1. The lowest BCUT2D eigenvalue weighted by Crippen LogP contribution is -2.15. The van der Waals surface area contributed by atoms with E-state index in [4.69, 9.17) is 0 Å². The molecule has 0 spiro atoms. The van der Waals surface area contributed by atoms with Crippen LogP contribution in [0.25, 0.3) is 0 Å². The standard InChI is InChI=1S/C13H17FN4O2S/c1-10-3-4-13(12(14)7-10)17-21(19,20)11-8-16-18(9-11)6-5-15-2/h3-4,7-9,15,17H,5-6H2,1-2H3. The lowest BCUT2D eigenvalue weighted by atomic mass is 10.2. The van der Waals surface area contributed by atoms with Gasteiger partial charge >= 0.3 is 0 Å². The zero-order chi connectivity index (χ0) is 15.5. The van der Waals surface area contributed by atoms with E-state index < -0.39 is 15.8 Å². The molecule has 1 aromatic heterocycles. The first-order valence-corrected chi connectivity index (χ1v) is 7.87. The van der Waals surface area contributed by atoms with E-state index in [-0.39, 0.29) is 10.6 Å². The van der Waals surface area contributed by atoms with Gasteiger partial charge in [-0.15, -0.1) is 0 Å². The number of likely N-dealkylation sites (N-methyl/N-ethyl adjacent to an activating group) is 1. The Kier molecular flexibility index (Phi) is 4.59. The Morgan fingerprint density at radius 3 is 2.81 bits per heavy atom. The molecule has 8 heteroatoms. The van der Waals surface area contributed by atoms with Crippen LogP contribution in [0.2, 0.25) is 0 Å². The highest BCUT2D eigenvalue weighted by molar-refractivity contribution is 7.92. The number of halogens is 1. The van der Waals surface area contributed by atoms with Crippen LogP contribution in [0.1, 0.15) is 5.56 Å². The smallest absolute Gasteiger partial charge is 0.265 e. The fraction of sp³-hybridized carbons (Fsp3) is 0.308. The summed E-state index contributed by atoms with van der Waals surface area (Å²) in [5.41, 5.74) is 0.638. The zero-order valence-electron chi connectivity index (χ0n) is 11.8. The van der Waals surface area contributed by atoms with E-state index in [1.165, 1.54) is 29.2 Å². The van der Waals surface area contributed by atoms with Gasteiger partial charge in [0, 0.05) is 12.7 Å². The molecule has 0 aliphatic heterocycles. The van der Waals surface area contributed by atoms with Crippen LogP contribution in [0, 0.1) is 12.7 Å². The van der Waals surface area contributed by atoms with Crippen molar-refractivity contribution < 1.29 is 12.8 Å². The molecule has 0 saturated heterocycles. The van der Waals surface area contributed by atoms with Crippen LogP contribution in [-0.2, 0) is 16.6 Å². The van der Waals surface area contributed by atoms with Gasteiger partial charge in [-0.05, 0) is 31.7 Å². The molecule has 2 rings (SSSR count). The van der Waals surface area contributed by atoms with Crippen LogP contribution in [0.3, 0.4) is 0 Å². The first kappa shape index (κ1) is 15.5. The molecule has 0 saturated carbocycles. The second-order valence-corrected chi connectivity index (χ2v) is 6.31. The van der Waals surface area contributed by atoms with Gasteiger partial charge in [0.15, 0.2) is 0 Å². The molecular weight excluding hydrogens is 295 g/mol. The van der Waals surface area contributed by atoms with Crippen LogP contribution in [0.15, 0.2) is 35.5 Å². The van der Waals surface area contributed by atoms with Crippen molar-refractivity contribution in [3.8, 4) is 0 Å². The van der Waals surface area contributed by atoms with Crippen molar-refractivity contribution in [2.45, 2.75) is 18.4 Å². The number of hydrogen-bond acceptors (Lipinski definition) is 4. The lowest BCUT2D eigenvalue weighted by molar-refractivity contribution is 0.582. The van der Waals surface area contributed by atoms with Gasteiger partial charge in [0.25, 0.3) is 10.0 Å². The van der Waals surface area contributed by atoms with Crippen LogP contribution in [0.5, 0.6) is 0 Å². The van der Waals surface area contributed by atoms with Crippen molar-refractivity contribution in [3.63, 3.8) is 0 Å². The van der Waals surface area contributed by atoms with Crippen molar-refractivity contribution >= 4 is 15.7 Å². The Labute approximate surface area is 123 Å². The fourth-order valence-corrected chi connectivity index (χ4v) is 2.76. The molecule has 0 amide bonds. The lowest BCUT2D eigenvalue weighted by Gasteiger charge is -2.07. The molecule has 1 aromatic carbocycles. The Morgan fingerprint density at radius 1 is 1.38 bits per heavy atom. The zero-order valence-corrected chi connectivity index (χ0v) is 12.6. The number of benzene rings is 1. The molecule has 0 aliphatic rings. The van der Waals surface area contributed by atoms with E-state index in [9.17, 15) is 12.8 Å². The van der Waals surface area contributed by atoms with Gasteiger partial charge in [-0.1, -0.05) is 6.07 Å². The SMILES string of the molecule is CNCCn1cc(S(=O)(=O)Nc2ccc(C)cc2F)cn1. The summed E-state index contributed by atoms with van der Waals surface area (Å²) in [6, 6.07) is 4.30. The maximum atomic E-state index is 13.7. The predicted molar refractivity (Wildman–Crippen MR) is 78.1 cm³/mol. The van der Waals surface area contributed by atoms with Crippen molar-refractivity contribution in [3.05, 3.63) is 42.0 Å². The van der Waals surface area contributed by atoms with Gasteiger partial charge in [0.2, 0.25) is 0 Å². The normalized spacial score (nSPS) is 11.6. The van der Waals surface area contributed by atoms with Gasteiger partial charge in [0.1, 0.15) is 10.7 Å². The Balaban J connectivity index is 2.19. The number of aryl methyl sites for hydroxylation is 1. The second kappa shape index (κ2) is 6.23. The third-order valence-corrected chi connectivity index (χ3v) is 4.20. The minimum absolute atomic E-state index is 0.00132. The molecule has 0 radical (unpaired) electrons. The van der Waals surface area contributed by atoms with Crippen molar-refractivity contribution in [2.24, 2.45) is 0 Å². The minimum Gasteiger partial charge on any atom is -0.318 e. The summed E-state index contributed by atoms with van der Waals surface area (Å²) >= 11 is 0. The highest BCUT2D eigenvalue weighted by Gasteiger charge is 2.18. The molecule has 0 atom stereocenters. The van der Waals surface area contributed by atoms with E-state index in [2.05, 4.69) is 15.1 Å². The molecule has 0 unspecified atom stereocenters. The van der Waals surface area contributed by atoms with Gasteiger partial charge in [0.05, 0.1) is 18.4 Å². The van der Waals surface area contributed by atoms with E-state index in [0.717, 1.165) is 5.56 Å². The van der Waals surface area contributed by atoms with Crippen LogP contribution >= 0.6 is 0 Å². The molecule has 0 aliphatic carbocycles. The molecule has 0 bridgehead atoms. The van der Waals surface area contributed by atoms with Crippen LogP contribution in [0.4, 0.5) is 10.1 Å². The topological polar surface area (TPSA) is 76.0 Å². The number of aromatic nitrogens is 2. The number of nitrogens with one attached hydrogen (secondary N) is 2. The van der Waals surface area contributed by atoms with Gasteiger partial charge < -0.3 is 5.32 Å². The van der Waals surface area contributed by atoms with Crippen LogP contribution < -0.4 is 10.0 Å². The molecule has 0 fully saturated rings. The molecule has 2 N–H and O–H groups in total. The van der Waals surface area contributed by atoms with Gasteiger partial charge in [-0.3, -0.25) is 9.40 Å². The summed E-state index contributed by atoms with van der Waals surface area (Å²) in [6.07, 6.45) is 2.65. The molecule has 114 valence electrons. The minimum atomic E-state index is -3.85. The van der Waals surface area contributed by atoms with Crippen molar-refractivity contribution in [2.75, 3.05) is 18.3 Å². The molecular formula is C13H17FN4O2S. The molecule has 21 heavy (non-hydrogen) atoms. The highest BCUT2D eigenvalue weighted by Crippen LogP contribution is 2.19. The summed E-state index contributed by atoms with van der Waals surface area (Å²) in [4.78, 5) is -0.00132. The summed E-state index contributed by atoms with van der Waals surface area (Å²) in [7, 11) is -2.05. The van der Waals surface area contributed by atoms with E-state index in [1.54, 1.807) is 20.0 Å². The number of hydrogen-bond donors (Lipinski definition) is 2. The molecule has 1 heterocycles. The maximum absolute atomic E-state index is 13.7. The third kappa shape index (κ3) is 3.79. The number of rotatable bonds is 6. The highest BCUT2D eigenvalue weighted by atomic mass is 32.2. The van der Waals surface area contributed by atoms with Crippen molar-refractivity contribution in [1.82, 2.24) is 15.1 Å². The fourth-order valence-electron chi connectivity index (χ4n) is 1.74. The Hall–Kier alpha value is -1.93. The molecule has 6 nitrogen and oxygen atoms in total. The summed E-state index contributed by atoms with van der Waals surface area (Å²) < 4.78 is 41.8. The Morgan fingerprint density at radius 2 is 2.14 bits per heavy atom. The van der Waals surface area contributed by atoms with Gasteiger partial charge in [-0.2, -0.15) is 5.10 Å². The van der Waals surface area contributed by atoms with E-state index in [1.807, 2.05) is 0 Å². The van der Waals surface area contributed by atoms with E-state index >= 15 is 0 Å². The Bertz CT molecular complexity index is 728. The molecule has 2 aromatic rings. The largest absolute Gasteiger partial charge is 0.318 e. The van der Waals surface area contributed by atoms with Gasteiger partial charge in [-0.25, -0.2) is 12.8 Å².